The van der Waals surface area contributed by atoms with Gasteiger partial charge in [-0.15, -0.1) is 0 Å². The molecule has 0 bridgehead atoms. The molecular formula is C16H13BrN4. The molecule has 1 aromatic heterocycles. The predicted molar refractivity (Wildman–Crippen MR) is 89.2 cm³/mol. The van der Waals surface area contributed by atoms with Crippen LogP contribution in [0.5, 0.6) is 0 Å². The highest BCUT2D eigenvalue weighted by Crippen LogP contribution is 2.21. The minimum absolute atomic E-state index is 0.361. The van der Waals surface area contributed by atoms with Crippen LogP contribution < -0.4 is 5.73 Å². The van der Waals surface area contributed by atoms with E-state index < -0.39 is 0 Å². The average molecular weight is 341 g/mol. The number of anilines is 1. The Morgan fingerprint density at radius 1 is 1.05 bits per heavy atom. The van der Waals surface area contributed by atoms with Gasteiger partial charge in [-0.1, -0.05) is 58.4 Å². The maximum absolute atomic E-state index is 5.90. The summed E-state index contributed by atoms with van der Waals surface area (Å²) in [4.78, 5) is 4.33. The van der Waals surface area contributed by atoms with Crippen LogP contribution >= 0.6 is 15.9 Å². The number of aromatic nitrogens is 2. The van der Waals surface area contributed by atoms with E-state index in [2.05, 4.69) is 26.0 Å². The van der Waals surface area contributed by atoms with Crippen LogP contribution in [0.25, 0.3) is 11.3 Å². The first kappa shape index (κ1) is 13.6. The number of nitrogen functional groups attached to an aromatic ring is 1. The second kappa shape index (κ2) is 5.93. The van der Waals surface area contributed by atoms with Gasteiger partial charge in [-0.05, 0) is 17.7 Å². The first-order chi connectivity index (χ1) is 10.2. The lowest BCUT2D eigenvalue weighted by atomic mass is 10.2. The molecule has 0 aliphatic carbocycles. The van der Waals surface area contributed by atoms with Gasteiger partial charge in [0, 0.05) is 10.0 Å². The molecule has 0 fully saturated rings. The summed E-state index contributed by atoms with van der Waals surface area (Å²) in [5.74, 6) is 0.361. The standard InChI is InChI=1S/C16H13BrN4/c17-14-8-6-13(7-9-14)15-11-21(16(18)20-15)19-10-12-4-2-1-3-5-12/h1-11H,(H2,18,20)/b19-10-. The molecule has 0 spiro atoms. The Morgan fingerprint density at radius 3 is 2.48 bits per heavy atom. The van der Waals surface area contributed by atoms with Crippen molar-refractivity contribution in [1.82, 2.24) is 9.66 Å². The van der Waals surface area contributed by atoms with Crippen molar-refractivity contribution in [1.29, 1.82) is 0 Å². The third kappa shape index (κ3) is 3.20. The van der Waals surface area contributed by atoms with Crippen LogP contribution in [0.2, 0.25) is 0 Å². The van der Waals surface area contributed by atoms with Crippen LogP contribution in [0.1, 0.15) is 5.56 Å². The van der Waals surface area contributed by atoms with Crippen molar-refractivity contribution >= 4 is 28.1 Å². The van der Waals surface area contributed by atoms with E-state index in [9.17, 15) is 0 Å². The molecule has 0 aliphatic rings. The zero-order valence-electron chi connectivity index (χ0n) is 11.1. The molecule has 1 heterocycles. The van der Waals surface area contributed by atoms with E-state index in [1.165, 1.54) is 0 Å². The summed E-state index contributed by atoms with van der Waals surface area (Å²) in [5.41, 5.74) is 8.71. The third-order valence-corrected chi connectivity index (χ3v) is 3.51. The van der Waals surface area contributed by atoms with Crippen LogP contribution in [-0.4, -0.2) is 15.9 Å². The van der Waals surface area contributed by atoms with E-state index in [0.717, 1.165) is 21.3 Å². The minimum Gasteiger partial charge on any atom is -0.368 e. The lowest BCUT2D eigenvalue weighted by molar-refractivity contribution is 0.898. The zero-order chi connectivity index (χ0) is 14.7. The van der Waals surface area contributed by atoms with E-state index in [4.69, 9.17) is 5.73 Å². The quantitative estimate of drug-likeness (QED) is 0.737. The maximum Gasteiger partial charge on any atom is 0.221 e. The van der Waals surface area contributed by atoms with Crippen LogP contribution in [0.4, 0.5) is 5.95 Å². The van der Waals surface area contributed by atoms with Gasteiger partial charge in [0.25, 0.3) is 0 Å². The molecule has 0 radical (unpaired) electrons. The molecule has 3 aromatic rings. The van der Waals surface area contributed by atoms with E-state index in [-0.39, 0.29) is 0 Å². The second-order valence-corrected chi connectivity index (χ2v) is 5.41. The van der Waals surface area contributed by atoms with Gasteiger partial charge in [0.15, 0.2) is 0 Å². The molecule has 0 amide bonds. The van der Waals surface area contributed by atoms with Gasteiger partial charge in [-0.25, -0.2) is 9.66 Å². The van der Waals surface area contributed by atoms with E-state index in [0.29, 0.717) is 5.95 Å². The van der Waals surface area contributed by atoms with Crippen LogP contribution in [0.3, 0.4) is 0 Å². The normalized spacial score (nSPS) is 11.1. The molecule has 3 rings (SSSR count). The van der Waals surface area contributed by atoms with Gasteiger partial charge in [-0.2, -0.15) is 5.10 Å². The maximum atomic E-state index is 5.90. The second-order valence-electron chi connectivity index (χ2n) is 4.49. The molecule has 2 aromatic carbocycles. The van der Waals surface area contributed by atoms with E-state index in [1.807, 2.05) is 60.8 Å². The Kier molecular flexibility index (Phi) is 3.83. The summed E-state index contributed by atoms with van der Waals surface area (Å²) in [6.07, 6.45) is 3.57. The van der Waals surface area contributed by atoms with Gasteiger partial charge < -0.3 is 5.73 Å². The Balaban J connectivity index is 1.88. The van der Waals surface area contributed by atoms with Gasteiger partial charge in [0.2, 0.25) is 5.95 Å². The average Bonchev–Trinajstić information content (AvgIpc) is 2.88. The summed E-state index contributed by atoms with van der Waals surface area (Å²) in [5, 5.41) is 4.33. The van der Waals surface area contributed by atoms with Crippen LogP contribution in [0, 0.1) is 0 Å². The lowest BCUT2D eigenvalue weighted by Crippen LogP contribution is -1.96. The van der Waals surface area contributed by atoms with Gasteiger partial charge in [-0.3, -0.25) is 0 Å². The Bertz CT molecular complexity index is 761. The zero-order valence-corrected chi connectivity index (χ0v) is 12.7. The highest BCUT2D eigenvalue weighted by molar-refractivity contribution is 9.10. The Labute approximate surface area is 131 Å². The molecule has 2 N–H and O–H groups in total. The monoisotopic (exact) mass is 340 g/mol. The fraction of sp³-hybridized carbons (Fsp3) is 0. The first-order valence-electron chi connectivity index (χ1n) is 6.42. The van der Waals surface area contributed by atoms with Crippen molar-refractivity contribution in [2.45, 2.75) is 0 Å². The van der Waals surface area contributed by atoms with E-state index in [1.54, 1.807) is 10.9 Å². The molecule has 0 aliphatic heterocycles. The summed E-state index contributed by atoms with van der Waals surface area (Å²) in [6, 6.07) is 17.8. The van der Waals surface area contributed by atoms with Crippen molar-refractivity contribution < 1.29 is 0 Å². The van der Waals surface area contributed by atoms with Crippen molar-refractivity contribution in [3.05, 3.63) is 70.8 Å². The molecule has 0 atom stereocenters. The van der Waals surface area contributed by atoms with Gasteiger partial charge in [0.05, 0.1) is 18.1 Å². The number of benzene rings is 2. The van der Waals surface area contributed by atoms with Crippen molar-refractivity contribution in [3.63, 3.8) is 0 Å². The minimum atomic E-state index is 0.361. The molecule has 0 unspecified atom stereocenters. The molecule has 5 heteroatoms. The number of rotatable bonds is 3. The number of imidazole rings is 1. The first-order valence-corrected chi connectivity index (χ1v) is 7.22. The molecule has 104 valence electrons. The summed E-state index contributed by atoms with van der Waals surface area (Å²) in [6.45, 7) is 0. The van der Waals surface area contributed by atoms with E-state index >= 15 is 0 Å². The highest BCUT2D eigenvalue weighted by Gasteiger charge is 2.06. The topological polar surface area (TPSA) is 56.2 Å². The van der Waals surface area contributed by atoms with Gasteiger partial charge in [0.1, 0.15) is 0 Å². The van der Waals surface area contributed by atoms with Crippen molar-refractivity contribution in [2.24, 2.45) is 5.10 Å². The number of hydrogen-bond donors (Lipinski definition) is 1. The number of hydrogen-bond acceptors (Lipinski definition) is 3. The van der Waals surface area contributed by atoms with Crippen LogP contribution in [0.15, 0.2) is 70.4 Å². The molecule has 4 nitrogen and oxygen atoms in total. The predicted octanol–water partition coefficient (Wildman–Crippen LogP) is 3.78. The van der Waals surface area contributed by atoms with Crippen molar-refractivity contribution in [2.75, 3.05) is 5.73 Å². The molecule has 0 saturated carbocycles. The number of nitrogens with two attached hydrogens (primary N) is 1. The summed E-state index contributed by atoms with van der Waals surface area (Å²) >= 11 is 3.41. The van der Waals surface area contributed by atoms with Crippen LogP contribution in [-0.2, 0) is 0 Å². The third-order valence-electron chi connectivity index (χ3n) is 2.99. The SMILES string of the molecule is Nc1nc(-c2ccc(Br)cc2)cn1/N=C\c1ccccc1. The largest absolute Gasteiger partial charge is 0.368 e. The number of nitrogens with zero attached hydrogens (tertiary/aromatic N) is 3. The Morgan fingerprint density at radius 2 is 1.76 bits per heavy atom. The fourth-order valence-electron chi connectivity index (χ4n) is 1.91. The Hall–Kier alpha value is -2.40. The molecule has 21 heavy (non-hydrogen) atoms. The smallest absolute Gasteiger partial charge is 0.221 e. The van der Waals surface area contributed by atoms with Gasteiger partial charge >= 0.3 is 0 Å². The highest BCUT2D eigenvalue weighted by atomic mass is 79.9. The van der Waals surface area contributed by atoms with Crippen molar-refractivity contribution in [3.8, 4) is 11.3 Å². The summed E-state index contributed by atoms with van der Waals surface area (Å²) < 4.78 is 2.60. The molecule has 0 saturated heterocycles. The number of halogens is 1. The lowest BCUT2D eigenvalue weighted by Gasteiger charge is -1.96. The molecular weight excluding hydrogens is 328 g/mol. The fourth-order valence-corrected chi connectivity index (χ4v) is 2.17. The summed E-state index contributed by atoms with van der Waals surface area (Å²) in [7, 11) is 0.